The van der Waals surface area contributed by atoms with Crippen molar-refractivity contribution in [2.45, 2.75) is 77.6 Å². The standard InChI is InChI=1S/C28H38ClF3N4O2.CH4/c1-18(17-37-2)35-21-5-3-19(4-6-21)13-22-14-23(25(29)16-33-22)27-24(28(30,31)32)7-8-26(36-27)34-15-20-9-11-38-12-10-20;/h7-8,14,16,18-21,35H,3-6,9-13,15,17H2,1-2H3,(H,34,36);1H4/t18-,19?,21?;/m1./s1. The van der Waals surface area contributed by atoms with Crippen molar-refractivity contribution < 1.29 is 22.6 Å². The van der Waals surface area contributed by atoms with Gasteiger partial charge in [0, 0.05) is 56.4 Å². The Morgan fingerprint density at radius 3 is 2.49 bits per heavy atom. The average molecular weight is 571 g/mol. The number of nitrogens with zero attached hydrogens (tertiary/aromatic N) is 2. The summed E-state index contributed by atoms with van der Waals surface area (Å²) in [5.41, 5.74) is 0.0413. The molecule has 0 aromatic carbocycles. The van der Waals surface area contributed by atoms with Gasteiger partial charge < -0.3 is 20.1 Å². The van der Waals surface area contributed by atoms with E-state index in [1.807, 2.05) is 0 Å². The van der Waals surface area contributed by atoms with Crippen LogP contribution in [0.3, 0.4) is 0 Å². The predicted octanol–water partition coefficient (Wildman–Crippen LogP) is 7.02. The van der Waals surface area contributed by atoms with Crippen LogP contribution in [0.5, 0.6) is 0 Å². The van der Waals surface area contributed by atoms with Gasteiger partial charge in [0.25, 0.3) is 0 Å². The molecule has 10 heteroatoms. The smallest absolute Gasteiger partial charge is 0.383 e. The number of methoxy groups -OCH3 is 1. The fourth-order valence-electron chi connectivity index (χ4n) is 5.50. The molecule has 0 unspecified atom stereocenters. The van der Waals surface area contributed by atoms with Crippen LogP contribution in [0.25, 0.3) is 11.3 Å². The molecular formula is C29H42ClF3N4O2. The molecule has 1 saturated heterocycles. The van der Waals surface area contributed by atoms with E-state index in [-0.39, 0.29) is 23.7 Å². The summed E-state index contributed by atoms with van der Waals surface area (Å²) in [5, 5.41) is 7.00. The van der Waals surface area contributed by atoms with Gasteiger partial charge in [-0.15, -0.1) is 0 Å². The van der Waals surface area contributed by atoms with Crippen LogP contribution >= 0.6 is 11.6 Å². The lowest BCUT2D eigenvalue weighted by Gasteiger charge is -2.31. The Morgan fingerprint density at radius 2 is 1.82 bits per heavy atom. The minimum absolute atomic E-state index is 0. The third-order valence-electron chi connectivity index (χ3n) is 7.56. The lowest BCUT2D eigenvalue weighted by molar-refractivity contribution is -0.137. The zero-order chi connectivity index (χ0) is 27.1. The number of aromatic nitrogens is 2. The molecule has 4 rings (SSSR count). The maximum Gasteiger partial charge on any atom is 0.418 e. The monoisotopic (exact) mass is 570 g/mol. The van der Waals surface area contributed by atoms with Gasteiger partial charge in [-0.3, -0.25) is 4.98 Å². The molecule has 218 valence electrons. The number of alkyl halides is 3. The van der Waals surface area contributed by atoms with E-state index in [1.165, 1.54) is 12.3 Å². The summed E-state index contributed by atoms with van der Waals surface area (Å²) in [6, 6.07) is 4.93. The Bertz CT molecular complexity index is 1040. The van der Waals surface area contributed by atoms with Gasteiger partial charge in [0.15, 0.2) is 0 Å². The summed E-state index contributed by atoms with van der Waals surface area (Å²) in [6.45, 7) is 4.85. The highest BCUT2D eigenvalue weighted by Gasteiger charge is 2.35. The first kappa shape index (κ1) is 31.6. The van der Waals surface area contributed by atoms with E-state index in [2.05, 4.69) is 27.5 Å². The highest BCUT2D eigenvalue weighted by atomic mass is 35.5. The van der Waals surface area contributed by atoms with Gasteiger partial charge in [0.2, 0.25) is 0 Å². The molecule has 2 aromatic heterocycles. The number of pyridine rings is 2. The highest BCUT2D eigenvalue weighted by Crippen LogP contribution is 2.39. The molecule has 3 heterocycles. The van der Waals surface area contributed by atoms with E-state index >= 15 is 0 Å². The summed E-state index contributed by atoms with van der Waals surface area (Å²) >= 11 is 6.42. The van der Waals surface area contributed by atoms with Crippen LogP contribution in [0.4, 0.5) is 19.0 Å². The molecule has 0 bridgehead atoms. The number of nitrogens with one attached hydrogen (secondary N) is 2. The lowest BCUT2D eigenvalue weighted by atomic mass is 9.83. The third-order valence-corrected chi connectivity index (χ3v) is 7.86. The van der Waals surface area contributed by atoms with Gasteiger partial charge in [-0.25, -0.2) is 4.98 Å². The molecule has 0 radical (unpaired) electrons. The number of halogens is 4. The molecule has 1 aliphatic carbocycles. The first-order chi connectivity index (χ1) is 18.2. The first-order valence-corrected chi connectivity index (χ1v) is 13.9. The van der Waals surface area contributed by atoms with Crippen molar-refractivity contribution in [1.82, 2.24) is 15.3 Å². The number of hydrogen-bond donors (Lipinski definition) is 2. The zero-order valence-corrected chi connectivity index (χ0v) is 22.9. The molecule has 1 aliphatic heterocycles. The molecule has 1 atom stereocenters. The topological polar surface area (TPSA) is 68.3 Å². The second-order valence-corrected chi connectivity index (χ2v) is 11.0. The van der Waals surface area contributed by atoms with E-state index in [1.54, 1.807) is 13.2 Å². The van der Waals surface area contributed by atoms with Crippen molar-refractivity contribution in [1.29, 1.82) is 0 Å². The molecule has 2 N–H and O–H groups in total. The van der Waals surface area contributed by atoms with Crippen molar-refractivity contribution in [3.05, 3.63) is 40.7 Å². The lowest BCUT2D eigenvalue weighted by Crippen LogP contribution is -2.41. The minimum atomic E-state index is -4.56. The Morgan fingerprint density at radius 1 is 1.10 bits per heavy atom. The summed E-state index contributed by atoms with van der Waals surface area (Å²) in [7, 11) is 1.70. The van der Waals surface area contributed by atoms with Gasteiger partial charge in [-0.2, -0.15) is 13.2 Å². The summed E-state index contributed by atoms with van der Waals surface area (Å²) in [5.74, 6) is 1.23. The van der Waals surface area contributed by atoms with Crippen LogP contribution in [0.2, 0.25) is 5.02 Å². The van der Waals surface area contributed by atoms with Gasteiger partial charge in [0.1, 0.15) is 5.82 Å². The minimum Gasteiger partial charge on any atom is -0.383 e. The van der Waals surface area contributed by atoms with Crippen LogP contribution in [0, 0.1) is 11.8 Å². The van der Waals surface area contributed by atoms with Gasteiger partial charge in [-0.1, -0.05) is 19.0 Å². The van der Waals surface area contributed by atoms with E-state index in [0.29, 0.717) is 62.5 Å². The van der Waals surface area contributed by atoms with E-state index in [4.69, 9.17) is 21.1 Å². The van der Waals surface area contributed by atoms with Crippen LogP contribution in [0.15, 0.2) is 24.4 Å². The maximum atomic E-state index is 14.0. The van der Waals surface area contributed by atoms with Gasteiger partial charge >= 0.3 is 6.18 Å². The Labute approximate surface area is 235 Å². The van der Waals surface area contributed by atoms with E-state index in [9.17, 15) is 13.2 Å². The second kappa shape index (κ2) is 14.6. The van der Waals surface area contributed by atoms with Gasteiger partial charge in [-0.05, 0) is 81.9 Å². The molecular weight excluding hydrogens is 529 g/mol. The molecule has 39 heavy (non-hydrogen) atoms. The van der Waals surface area contributed by atoms with Crippen molar-refractivity contribution in [3.63, 3.8) is 0 Å². The molecule has 2 aliphatic rings. The Hall–Kier alpha value is -1.94. The first-order valence-electron chi connectivity index (χ1n) is 13.5. The van der Waals surface area contributed by atoms with Crippen LogP contribution in [0.1, 0.15) is 64.1 Å². The summed E-state index contributed by atoms with van der Waals surface area (Å²) in [6.07, 6.45) is 3.63. The van der Waals surface area contributed by atoms with Crippen LogP contribution in [-0.4, -0.2) is 55.5 Å². The average Bonchev–Trinajstić information content (AvgIpc) is 2.90. The summed E-state index contributed by atoms with van der Waals surface area (Å²) in [4.78, 5) is 8.86. The van der Waals surface area contributed by atoms with Crippen molar-refractivity contribution in [3.8, 4) is 11.3 Å². The molecule has 6 nitrogen and oxygen atoms in total. The molecule has 0 spiro atoms. The highest BCUT2D eigenvalue weighted by molar-refractivity contribution is 6.33. The largest absolute Gasteiger partial charge is 0.418 e. The second-order valence-electron chi connectivity index (χ2n) is 10.6. The Balaban J connectivity index is 0.00000420. The molecule has 2 aromatic rings. The van der Waals surface area contributed by atoms with Crippen molar-refractivity contribution >= 4 is 17.4 Å². The van der Waals surface area contributed by atoms with E-state index < -0.39 is 11.7 Å². The Kier molecular flexibility index (Phi) is 11.8. The fourth-order valence-corrected chi connectivity index (χ4v) is 5.69. The third kappa shape index (κ3) is 9.03. The molecule has 0 amide bonds. The predicted molar refractivity (Wildman–Crippen MR) is 150 cm³/mol. The fraction of sp³-hybridized carbons (Fsp3) is 0.655. The van der Waals surface area contributed by atoms with E-state index in [0.717, 1.165) is 50.3 Å². The summed E-state index contributed by atoms with van der Waals surface area (Å²) < 4.78 is 52.5. The number of hydrogen-bond acceptors (Lipinski definition) is 6. The SMILES string of the molecule is C.COC[C@@H](C)NC1CCC(Cc2cc(-c3nc(NCC4CCOCC4)ccc3C(F)(F)F)c(Cl)cn2)CC1. The number of anilines is 1. The molecule has 2 fully saturated rings. The van der Waals surface area contributed by atoms with Crippen molar-refractivity contribution in [2.75, 3.05) is 38.8 Å². The number of rotatable bonds is 10. The number of ether oxygens (including phenoxy) is 2. The van der Waals surface area contributed by atoms with Crippen LogP contribution < -0.4 is 10.6 Å². The van der Waals surface area contributed by atoms with Crippen molar-refractivity contribution in [2.24, 2.45) is 11.8 Å². The molecule has 1 saturated carbocycles. The quantitative estimate of drug-likeness (QED) is 0.320. The van der Waals surface area contributed by atoms with Gasteiger partial charge in [0.05, 0.1) is 22.9 Å². The maximum absolute atomic E-state index is 14.0. The van der Waals surface area contributed by atoms with Crippen LogP contribution in [-0.2, 0) is 22.1 Å². The zero-order valence-electron chi connectivity index (χ0n) is 22.1. The normalized spacial score (nSPS) is 21.3.